The van der Waals surface area contributed by atoms with Crippen LogP contribution >= 0.6 is 11.8 Å². The molecule has 1 atom stereocenters. The zero-order valence-electron chi connectivity index (χ0n) is 14.7. The first-order valence-corrected chi connectivity index (χ1v) is 9.56. The Morgan fingerprint density at radius 2 is 2.24 bits per heavy atom. The van der Waals surface area contributed by atoms with Crippen molar-refractivity contribution in [2.24, 2.45) is 4.99 Å². The topological polar surface area (TPSA) is 65.7 Å². The van der Waals surface area contributed by atoms with E-state index in [-0.39, 0.29) is 0 Å². The molecule has 25 heavy (non-hydrogen) atoms. The van der Waals surface area contributed by atoms with E-state index in [9.17, 15) is 5.11 Å². The number of nitrogens with one attached hydrogen (secondary N) is 1. The zero-order valence-corrected chi connectivity index (χ0v) is 15.5. The van der Waals surface area contributed by atoms with E-state index < -0.39 is 5.60 Å². The molecular formula is C18H25N5OS. The first-order valence-electron chi connectivity index (χ1n) is 8.40. The van der Waals surface area contributed by atoms with E-state index in [0.29, 0.717) is 13.1 Å². The molecule has 1 fully saturated rings. The number of aromatic nitrogens is 2. The summed E-state index contributed by atoms with van der Waals surface area (Å²) in [6, 6.07) is 10.1. The van der Waals surface area contributed by atoms with Crippen LogP contribution < -0.4 is 5.32 Å². The third kappa shape index (κ3) is 4.55. The molecule has 0 radical (unpaired) electrons. The molecule has 2 aromatic rings. The van der Waals surface area contributed by atoms with Crippen LogP contribution in [0.1, 0.15) is 12.0 Å². The summed E-state index contributed by atoms with van der Waals surface area (Å²) in [7, 11) is 3.75. The van der Waals surface area contributed by atoms with E-state index in [1.807, 2.05) is 59.4 Å². The van der Waals surface area contributed by atoms with Gasteiger partial charge < -0.3 is 15.3 Å². The van der Waals surface area contributed by atoms with Crippen molar-refractivity contribution in [1.82, 2.24) is 20.0 Å². The molecule has 0 bridgehead atoms. The van der Waals surface area contributed by atoms with Crippen LogP contribution in [0.3, 0.4) is 0 Å². The molecule has 134 valence electrons. The minimum absolute atomic E-state index is 0.528. The molecule has 0 aliphatic carbocycles. The van der Waals surface area contributed by atoms with Crippen LogP contribution in [0.4, 0.5) is 0 Å². The number of guanidine groups is 1. The molecule has 1 saturated heterocycles. The fourth-order valence-corrected chi connectivity index (χ4v) is 4.17. The highest BCUT2D eigenvalue weighted by Crippen LogP contribution is 2.27. The summed E-state index contributed by atoms with van der Waals surface area (Å²) < 4.78 is 1.87. The van der Waals surface area contributed by atoms with Gasteiger partial charge in [0.2, 0.25) is 0 Å². The zero-order chi connectivity index (χ0) is 17.7. The van der Waals surface area contributed by atoms with Gasteiger partial charge in [-0.1, -0.05) is 18.2 Å². The summed E-state index contributed by atoms with van der Waals surface area (Å²) >= 11 is 1.80. The quantitative estimate of drug-likeness (QED) is 0.629. The third-order valence-corrected chi connectivity index (χ3v) is 5.54. The first kappa shape index (κ1) is 17.8. The number of rotatable bonds is 5. The van der Waals surface area contributed by atoms with Gasteiger partial charge in [-0.05, 0) is 24.3 Å². The first-order chi connectivity index (χ1) is 12.1. The van der Waals surface area contributed by atoms with E-state index in [4.69, 9.17) is 0 Å². The third-order valence-electron chi connectivity index (χ3n) is 4.31. The Bertz CT molecular complexity index is 709. The standard InChI is InChI=1S/C18H25N5OS/c1-19-17(20-13-18(24)8-9-25-14-18)22(2)11-15-10-21-23(12-15)16-6-4-3-5-7-16/h3-7,10,12,24H,8-9,11,13-14H2,1-2H3,(H,19,20). The van der Waals surface area contributed by atoms with Gasteiger partial charge in [0.15, 0.2) is 5.96 Å². The van der Waals surface area contributed by atoms with Gasteiger partial charge in [-0.15, -0.1) is 0 Å². The van der Waals surface area contributed by atoms with Crippen LogP contribution in [0.25, 0.3) is 5.69 Å². The van der Waals surface area contributed by atoms with Gasteiger partial charge in [-0.3, -0.25) is 4.99 Å². The maximum Gasteiger partial charge on any atom is 0.193 e. The molecule has 0 spiro atoms. The lowest BCUT2D eigenvalue weighted by molar-refractivity contribution is 0.0718. The van der Waals surface area contributed by atoms with Gasteiger partial charge in [-0.2, -0.15) is 16.9 Å². The Labute approximate surface area is 152 Å². The number of hydrogen-bond donors (Lipinski definition) is 2. The lowest BCUT2D eigenvalue weighted by Crippen LogP contribution is -2.47. The van der Waals surface area contributed by atoms with Gasteiger partial charge in [0.1, 0.15) is 0 Å². The van der Waals surface area contributed by atoms with E-state index >= 15 is 0 Å². The maximum atomic E-state index is 10.5. The summed E-state index contributed by atoms with van der Waals surface area (Å²) in [5.74, 6) is 2.58. The second kappa shape index (κ2) is 7.93. The van der Waals surface area contributed by atoms with E-state index in [1.54, 1.807) is 18.8 Å². The van der Waals surface area contributed by atoms with Crippen LogP contribution in [-0.4, -0.2) is 63.5 Å². The smallest absolute Gasteiger partial charge is 0.193 e. The molecule has 1 aliphatic heterocycles. The van der Waals surface area contributed by atoms with Crippen LogP contribution in [0.2, 0.25) is 0 Å². The number of para-hydroxylation sites is 1. The molecule has 0 saturated carbocycles. The SMILES string of the molecule is CN=C(NCC1(O)CCSC1)N(C)Cc1cnn(-c2ccccc2)c1. The highest BCUT2D eigenvalue weighted by atomic mass is 32.2. The lowest BCUT2D eigenvalue weighted by Gasteiger charge is -2.26. The van der Waals surface area contributed by atoms with Crippen molar-refractivity contribution in [2.75, 3.05) is 32.1 Å². The van der Waals surface area contributed by atoms with Crippen molar-refractivity contribution < 1.29 is 5.11 Å². The average Bonchev–Trinajstić information content (AvgIpc) is 3.26. The number of hydrogen-bond acceptors (Lipinski definition) is 4. The van der Waals surface area contributed by atoms with Gasteiger partial charge in [-0.25, -0.2) is 4.68 Å². The fourth-order valence-electron chi connectivity index (χ4n) is 2.88. The number of aliphatic hydroxyl groups is 1. The van der Waals surface area contributed by atoms with Gasteiger partial charge >= 0.3 is 0 Å². The number of thioether (sulfide) groups is 1. The molecule has 1 unspecified atom stereocenters. The molecule has 2 heterocycles. The summed E-state index contributed by atoms with van der Waals surface area (Å²) in [6.45, 7) is 1.22. The van der Waals surface area contributed by atoms with Crippen LogP contribution in [0.15, 0.2) is 47.7 Å². The minimum atomic E-state index is -0.625. The van der Waals surface area contributed by atoms with Crippen molar-refractivity contribution in [3.8, 4) is 5.69 Å². The van der Waals surface area contributed by atoms with Gasteiger partial charge in [0, 0.05) is 44.7 Å². The lowest BCUT2D eigenvalue weighted by atomic mass is 10.0. The molecule has 3 rings (SSSR count). The molecule has 1 aliphatic rings. The van der Waals surface area contributed by atoms with Crippen LogP contribution in [-0.2, 0) is 6.54 Å². The fraction of sp³-hybridized carbons (Fsp3) is 0.444. The van der Waals surface area contributed by atoms with Crippen molar-refractivity contribution in [2.45, 2.75) is 18.6 Å². The van der Waals surface area contributed by atoms with Crippen molar-refractivity contribution in [1.29, 1.82) is 0 Å². The molecule has 0 amide bonds. The number of aliphatic imine (C=N–C) groups is 1. The second-order valence-corrected chi connectivity index (χ2v) is 7.52. The van der Waals surface area contributed by atoms with Crippen LogP contribution in [0, 0.1) is 0 Å². The molecule has 7 heteroatoms. The average molecular weight is 359 g/mol. The molecular weight excluding hydrogens is 334 g/mol. The Morgan fingerprint density at radius 3 is 2.92 bits per heavy atom. The Hall–Kier alpha value is -1.99. The summed E-state index contributed by atoms with van der Waals surface area (Å²) in [5, 5.41) is 18.2. The second-order valence-electron chi connectivity index (χ2n) is 6.41. The number of benzene rings is 1. The summed E-state index contributed by atoms with van der Waals surface area (Å²) in [5.41, 5.74) is 1.52. The van der Waals surface area contributed by atoms with Crippen molar-refractivity contribution in [3.05, 3.63) is 48.3 Å². The predicted molar refractivity (Wildman–Crippen MR) is 103 cm³/mol. The molecule has 1 aromatic heterocycles. The van der Waals surface area contributed by atoms with E-state index in [0.717, 1.165) is 35.1 Å². The van der Waals surface area contributed by atoms with Gasteiger partial charge in [0.05, 0.1) is 17.5 Å². The van der Waals surface area contributed by atoms with Crippen LogP contribution in [0.5, 0.6) is 0 Å². The monoisotopic (exact) mass is 359 g/mol. The van der Waals surface area contributed by atoms with E-state index in [1.165, 1.54) is 0 Å². The largest absolute Gasteiger partial charge is 0.387 e. The summed E-state index contributed by atoms with van der Waals surface area (Å²) in [6.07, 6.45) is 4.73. The highest BCUT2D eigenvalue weighted by molar-refractivity contribution is 7.99. The Balaban J connectivity index is 1.59. The van der Waals surface area contributed by atoms with Crippen molar-refractivity contribution >= 4 is 17.7 Å². The molecule has 2 N–H and O–H groups in total. The number of nitrogens with zero attached hydrogens (tertiary/aromatic N) is 4. The predicted octanol–water partition coefficient (Wildman–Crippen LogP) is 1.75. The molecule has 6 nitrogen and oxygen atoms in total. The van der Waals surface area contributed by atoms with Gasteiger partial charge in [0.25, 0.3) is 0 Å². The van der Waals surface area contributed by atoms with E-state index in [2.05, 4.69) is 15.4 Å². The van der Waals surface area contributed by atoms with Crippen molar-refractivity contribution in [3.63, 3.8) is 0 Å². The molecule has 1 aromatic carbocycles. The Kier molecular flexibility index (Phi) is 5.65. The normalized spacial score (nSPS) is 20.7. The minimum Gasteiger partial charge on any atom is -0.387 e. The highest BCUT2D eigenvalue weighted by Gasteiger charge is 2.31. The summed E-state index contributed by atoms with van der Waals surface area (Å²) in [4.78, 5) is 6.37. The Morgan fingerprint density at radius 1 is 1.44 bits per heavy atom. The maximum absolute atomic E-state index is 10.5.